The topological polar surface area (TPSA) is 87.7 Å². The van der Waals surface area contributed by atoms with Crippen LogP contribution in [0, 0.1) is 0 Å². The molecule has 0 spiro atoms. The molecule has 0 aliphatic rings. The highest BCUT2D eigenvalue weighted by molar-refractivity contribution is 5.99. The van der Waals surface area contributed by atoms with E-state index >= 15 is 0 Å². The van der Waals surface area contributed by atoms with Crippen molar-refractivity contribution in [2.24, 2.45) is 0 Å². The van der Waals surface area contributed by atoms with Gasteiger partial charge in [0.15, 0.2) is 0 Å². The number of rotatable bonds is 8. The van der Waals surface area contributed by atoms with Gasteiger partial charge in [-0.2, -0.15) is 0 Å². The van der Waals surface area contributed by atoms with Crippen LogP contribution in [0.1, 0.15) is 36.7 Å². The van der Waals surface area contributed by atoms with Crippen LogP contribution in [0.5, 0.6) is 0 Å². The molecule has 2 aromatic rings. The van der Waals surface area contributed by atoms with Gasteiger partial charge in [0, 0.05) is 24.3 Å². The fraction of sp³-hybridized carbons (Fsp3) is 0.318. The molecule has 0 heterocycles. The molecule has 7 heteroatoms. The van der Waals surface area contributed by atoms with E-state index in [0.717, 1.165) is 5.56 Å². The maximum atomic E-state index is 12.5. The van der Waals surface area contributed by atoms with Gasteiger partial charge >= 0.3 is 6.09 Å². The van der Waals surface area contributed by atoms with Crippen LogP contribution < -0.4 is 10.6 Å². The molecule has 0 aliphatic heterocycles. The van der Waals surface area contributed by atoms with Crippen molar-refractivity contribution >= 4 is 23.6 Å². The lowest BCUT2D eigenvalue weighted by molar-refractivity contribution is -0.117. The number of carbonyl (C=O) groups is 3. The van der Waals surface area contributed by atoms with Crippen LogP contribution in [0.3, 0.4) is 0 Å². The van der Waals surface area contributed by atoms with Crippen LogP contribution >= 0.6 is 0 Å². The molecule has 154 valence electrons. The second-order valence-electron chi connectivity index (χ2n) is 6.48. The van der Waals surface area contributed by atoms with Crippen molar-refractivity contribution < 1.29 is 19.1 Å². The van der Waals surface area contributed by atoms with E-state index in [1.165, 1.54) is 0 Å². The number of benzene rings is 2. The Morgan fingerprint density at radius 2 is 1.69 bits per heavy atom. The smallest absolute Gasteiger partial charge is 0.408 e. The number of nitrogens with zero attached hydrogens (tertiary/aromatic N) is 1. The highest BCUT2D eigenvalue weighted by Crippen LogP contribution is 2.13. The minimum Gasteiger partial charge on any atom is -0.445 e. The molecule has 0 saturated heterocycles. The van der Waals surface area contributed by atoms with Gasteiger partial charge in [-0.3, -0.25) is 9.59 Å². The lowest BCUT2D eigenvalue weighted by atomic mass is 10.1. The minimum atomic E-state index is -0.805. The molecular formula is C22H27N3O4. The average Bonchev–Trinajstić information content (AvgIpc) is 2.74. The van der Waals surface area contributed by atoms with Gasteiger partial charge in [-0.25, -0.2) is 4.79 Å². The molecule has 0 radical (unpaired) electrons. The lowest BCUT2D eigenvalue weighted by Crippen LogP contribution is -2.41. The fourth-order valence-electron chi connectivity index (χ4n) is 2.68. The molecule has 0 aliphatic carbocycles. The third-order valence-electron chi connectivity index (χ3n) is 4.37. The summed E-state index contributed by atoms with van der Waals surface area (Å²) in [5.41, 5.74) is 1.84. The average molecular weight is 397 g/mol. The summed E-state index contributed by atoms with van der Waals surface area (Å²) in [7, 11) is 0. The summed E-state index contributed by atoms with van der Waals surface area (Å²) < 4.78 is 5.12. The van der Waals surface area contributed by atoms with Crippen molar-refractivity contribution in [2.45, 2.75) is 33.4 Å². The third-order valence-corrected chi connectivity index (χ3v) is 4.37. The number of anilines is 1. The zero-order chi connectivity index (χ0) is 21.2. The Bertz CT molecular complexity index is 835. The molecule has 7 nitrogen and oxygen atoms in total. The van der Waals surface area contributed by atoms with E-state index < -0.39 is 18.0 Å². The van der Waals surface area contributed by atoms with Gasteiger partial charge in [0.05, 0.1) is 0 Å². The Morgan fingerprint density at radius 1 is 1.00 bits per heavy atom. The first kappa shape index (κ1) is 21.9. The molecule has 0 aromatic heterocycles. The first-order valence-electron chi connectivity index (χ1n) is 9.62. The maximum Gasteiger partial charge on any atom is 0.408 e. The maximum absolute atomic E-state index is 12.5. The van der Waals surface area contributed by atoms with Gasteiger partial charge in [-0.15, -0.1) is 0 Å². The van der Waals surface area contributed by atoms with Crippen molar-refractivity contribution in [2.75, 3.05) is 18.4 Å². The Balaban J connectivity index is 1.89. The summed E-state index contributed by atoms with van der Waals surface area (Å²) in [5, 5.41) is 5.21. The summed E-state index contributed by atoms with van der Waals surface area (Å²) in [6.07, 6.45) is -0.679. The highest BCUT2D eigenvalue weighted by Gasteiger charge is 2.18. The predicted octanol–water partition coefficient (Wildman–Crippen LogP) is 3.42. The van der Waals surface area contributed by atoms with Crippen molar-refractivity contribution in [3.05, 3.63) is 65.7 Å². The molecule has 2 N–H and O–H groups in total. The van der Waals surface area contributed by atoms with Crippen LogP contribution in [0.4, 0.5) is 10.5 Å². The molecule has 29 heavy (non-hydrogen) atoms. The van der Waals surface area contributed by atoms with E-state index in [4.69, 9.17) is 4.74 Å². The van der Waals surface area contributed by atoms with Crippen LogP contribution in [0.2, 0.25) is 0 Å². The fourth-order valence-corrected chi connectivity index (χ4v) is 2.68. The summed E-state index contributed by atoms with van der Waals surface area (Å²) in [4.78, 5) is 38.4. The summed E-state index contributed by atoms with van der Waals surface area (Å²) in [6, 6.07) is 15.2. The van der Waals surface area contributed by atoms with Crippen molar-refractivity contribution in [3.8, 4) is 0 Å². The largest absolute Gasteiger partial charge is 0.445 e. The Labute approximate surface area is 171 Å². The van der Waals surface area contributed by atoms with Crippen LogP contribution in [-0.2, 0) is 16.1 Å². The molecular weight excluding hydrogens is 370 g/mol. The van der Waals surface area contributed by atoms with Crippen molar-refractivity contribution in [3.63, 3.8) is 0 Å². The monoisotopic (exact) mass is 397 g/mol. The molecule has 3 amide bonds. The minimum absolute atomic E-state index is 0.0956. The van der Waals surface area contributed by atoms with Gasteiger partial charge < -0.3 is 20.3 Å². The zero-order valence-corrected chi connectivity index (χ0v) is 17.0. The third kappa shape index (κ3) is 6.64. The number of hydrogen-bond donors (Lipinski definition) is 2. The van der Waals surface area contributed by atoms with Crippen LogP contribution in [0.25, 0.3) is 0 Å². The van der Waals surface area contributed by atoms with Gasteiger partial charge in [0.2, 0.25) is 5.91 Å². The number of nitrogens with one attached hydrogen (secondary N) is 2. The van der Waals surface area contributed by atoms with E-state index in [9.17, 15) is 14.4 Å². The van der Waals surface area contributed by atoms with Gasteiger partial charge in [0.25, 0.3) is 5.91 Å². The first-order chi connectivity index (χ1) is 13.9. The second kappa shape index (κ2) is 10.8. The second-order valence-corrected chi connectivity index (χ2v) is 6.48. The van der Waals surface area contributed by atoms with E-state index in [-0.39, 0.29) is 12.5 Å². The Kier molecular flexibility index (Phi) is 8.21. The molecule has 0 saturated carbocycles. The molecule has 0 bridgehead atoms. The summed E-state index contributed by atoms with van der Waals surface area (Å²) in [6.45, 7) is 6.73. The number of alkyl carbamates (subject to hydrolysis) is 1. The normalized spacial score (nSPS) is 11.3. The number of ether oxygens (including phenoxy) is 1. The molecule has 2 aromatic carbocycles. The van der Waals surface area contributed by atoms with Crippen LogP contribution in [-0.4, -0.2) is 41.9 Å². The molecule has 2 rings (SSSR count). The van der Waals surface area contributed by atoms with Gasteiger partial charge in [-0.1, -0.05) is 36.4 Å². The van der Waals surface area contributed by atoms with Crippen LogP contribution in [0.15, 0.2) is 54.6 Å². The predicted molar refractivity (Wildman–Crippen MR) is 112 cm³/mol. The Hall–Kier alpha value is -3.35. The van der Waals surface area contributed by atoms with Crippen molar-refractivity contribution in [1.29, 1.82) is 0 Å². The van der Waals surface area contributed by atoms with E-state index in [1.54, 1.807) is 36.1 Å². The van der Waals surface area contributed by atoms with Gasteiger partial charge in [0.1, 0.15) is 12.6 Å². The Morgan fingerprint density at radius 3 is 2.34 bits per heavy atom. The quantitative estimate of drug-likeness (QED) is 0.714. The molecule has 0 fully saturated rings. The first-order valence-corrected chi connectivity index (χ1v) is 9.62. The number of hydrogen-bond acceptors (Lipinski definition) is 4. The zero-order valence-electron chi connectivity index (χ0n) is 17.0. The number of carbonyl (C=O) groups excluding carboxylic acids is 3. The SMILES string of the molecule is CCN(CC)C(=O)c1cccc(NC(=O)C(C)NC(=O)OCc2ccccc2)c1. The van der Waals surface area contributed by atoms with Gasteiger partial charge in [-0.05, 0) is 44.5 Å². The summed E-state index contributed by atoms with van der Waals surface area (Å²) >= 11 is 0. The highest BCUT2D eigenvalue weighted by atomic mass is 16.5. The van der Waals surface area contributed by atoms with E-state index in [0.29, 0.717) is 24.3 Å². The lowest BCUT2D eigenvalue weighted by Gasteiger charge is -2.19. The van der Waals surface area contributed by atoms with E-state index in [2.05, 4.69) is 10.6 Å². The molecule has 1 atom stereocenters. The van der Waals surface area contributed by atoms with E-state index in [1.807, 2.05) is 44.2 Å². The standard InChI is InChI=1S/C22H27N3O4/c1-4-25(5-2)21(27)18-12-9-13-19(14-18)24-20(26)16(3)23-22(28)29-15-17-10-7-6-8-11-17/h6-14,16H,4-5,15H2,1-3H3,(H,23,28)(H,24,26). The van der Waals surface area contributed by atoms with Crippen molar-refractivity contribution in [1.82, 2.24) is 10.2 Å². The molecule has 1 unspecified atom stereocenters. The summed E-state index contributed by atoms with van der Waals surface area (Å²) in [5.74, 6) is -0.504. The number of amides is 3.